The van der Waals surface area contributed by atoms with Crippen LogP contribution in [0.3, 0.4) is 0 Å². The molecule has 0 amide bonds. The predicted molar refractivity (Wildman–Crippen MR) is 48.1 cm³/mol. The summed E-state index contributed by atoms with van der Waals surface area (Å²) >= 11 is 0. The van der Waals surface area contributed by atoms with E-state index >= 15 is 0 Å². The molecule has 0 aromatic carbocycles. The van der Waals surface area contributed by atoms with E-state index in [1.54, 1.807) is 0 Å². The molecule has 0 N–H and O–H groups in total. The standard InChI is InChI=1S/C10H18/c1-4-6-7-9-10(3)8-5-2/h4,9H,1,5-8H2,2-3H3/b10-9-. The molecule has 0 rings (SSSR count). The van der Waals surface area contributed by atoms with Gasteiger partial charge in [-0.3, -0.25) is 0 Å². The molecule has 0 radical (unpaired) electrons. The van der Waals surface area contributed by atoms with Crippen LogP contribution in [0, 0.1) is 0 Å². The topological polar surface area (TPSA) is 0 Å². The van der Waals surface area contributed by atoms with Crippen LogP contribution in [0.25, 0.3) is 0 Å². The van der Waals surface area contributed by atoms with Crippen LogP contribution in [0.5, 0.6) is 0 Å². The van der Waals surface area contributed by atoms with Crippen LogP contribution < -0.4 is 0 Å². The lowest BCUT2D eigenvalue weighted by molar-refractivity contribution is 0.889. The van der Waals surface area contributed by atoms with Gasteiger partial charge in [-0.25, -0.2) is 0 Å². The zero-order valence-corrected chi connectivity index (χ0v) is 7.19. The molecule has 0 aromatic heterocycles. The molecule has 0 saturated heterocycles. The number of unbranched alkanes of at least 4 members (excludes halogenated alkanes) is 1. The Bertz CT molecular complexity index is 109. The molecule has 0 saturated carbocycles. The third-order valence-electron chi connectivity index (χ3n) is 1.51. The van der Waals surface area contributed by atoms with Crippen LogP contribution in [-0.2, 0) is 0 Å². The van der Waals surface area contributed by atoms with Gasteiger partial charge in [-0.15, -0.1) is 6.58 Å². The second-order valence-electron chi connectivity index (χ2n) is 2.67. The summed E-state index contributed by atoms with van der Waals surface area (Å²) in [5.74, 6) is 0. The Morgan fingerprint density at radius 3 is 2.60 bits per heavy atom. The predicted octanol–water partition coefficient (Wildman–Crippen LogP) is 3.70. The molecule has 0 nitrogen and oxygen atoms in total. The van der Waals surface area contributed by atoms with Gasteiger partial charge in [0.25, 0.3) is 0 Å². The lowest BCUT2D eigenvalue weighted by Gasteiger charge is -1.95. The fraction of sp³-hybridized carbons (Fsp3) is 0.600. The molecule has 0 spiro atoms. The maximum Gasteiger partial charge on any atom is -0.0314 e. The molecule has 0 aliphatic heterocycles. The minimum absolute atomic E-state index is 1.11. The highest BCUT2D eigenvalue weighted by molar-refractivity contribution is 4.97. The van der Waals surface area contributed by atoms with Crippen molar-refractivity contribution in [3.8, 4) is 0 Å². The molecule has 58 valence electrons. The summed E-state index contributed by atoms with van der Waals surface area (Å²) in [6, 6.07) is 0. The molecule has 0 fully saturated rings. The first kappa shape index (κ1) is 9.48. The van der Waals surface area contributed by atoms with E-state index in [0.29, 0.717) is 0 Å². The van der Waals surface area contributed by atoms with E-state index in [1.165, 1.54) is 18.4 Å². The first-order valence-corrected chi connectivity index (χ1v) is 4.07. The van der Waals surface area contributed by atoms with Gasteiger partial charge in [0.05, 0.1) is 0 Å². The molecule has 0 unspecified atom stereocenters. The summed E-state index contributed by atoms with van der Waals surface area (Å²) < 4.78 is 0. The average molecular weight is 138 g/mol. The van der Waals surface area contributed by atoms with E-state index in [2.05, 4.69) is 26.5 Å². The molecule has 0 heteroatoms. The molecule has 0 heterocycles. The van der Waals surface area contributed by atoms with Crippen LogP contribution in [0.4, 0.5) is 0 Å². The maximum atomic E-state index is 3.67. The molecule has 0 aromatic rings. The van der Waals surface area contributed by atoms with Crippen molar-refractivity contribution in [1.82, 2.24) is 0 Å². The van der Waals surface area contributed by atoms with E-state index in [-0.39, 0.29) is 0 Å². The Balaban J connectivity index is 3.36. The van der Waals surface area contributed by atoms with E-state index in [9.17, 15) is 0 Å². The smallest absolute Gasteiger partial charge is 0.0314 e. The van der Waals surface area contributed by atoms with Crippen LogP contribution in [0.15, 0.2) is 24.3 Å². The Morgan fingerprint density at radius 1 is 1.40 bits per heavy atom. The summed E-state index contributed by atoms with van der Waals surface area (Å²) in [7, 11) is 0. The van der Waals surface area contributed by atoms with Crippen LogP contribution in [0.1, 0.15) is 39.5 Å². The minimum Gasteiger partial charge on any atom is -0.103 e. The molecule has 10 heavy (non-hydrogen) atoms. The van der Waals surface area contributed by atoms with Gasteiger partial charge >= 0.3 is 0 Å². The van der Waals surface area contributed by atoms with Crippen LogP contribution in [0.2, 0.25) is 0 Å². The van der Waals surface area contributed by atoms with Crippen molar-refractivity contribution < 1.29 is 0 Å². The highest BCUT2D eigenvalue weighted by Crippen LogP contribution is 2.05. The summed E-state index contributed by atoms with van der Waals surface area (Å²) in [6.45, 7) is 8.09. The second kappa shape index (κ2) is 6.60. The first-order valence-electron chi connectivity index (χ1n) is 4.07. The fourth-order valence-corrected chi connectivity index (χ4v) is 0.944. The molecular formula is C10H18. The summed E-state index contributed by atoms with van der Waals surface area (Å²) in [5.41, 5.74) is 1.52. The molecule has 0 aliphatic carbocycles. The van der Waals surface area contributed by atoms with E-state index in [0.717, 1.165) is 12.8 Å². The number of allylic oxidation sites excluding steroid dienone is 3. The van der Waals surface area contributed by atoms with Crippen molar-refractivity contribution in [2.75, 3.05) is 0 Å². The summed E-state index contributed by atoms with van der Waals surface area (Å²) in [5, 5.41) is 0. The van der Waals surface area contributed by atoms with Gasteiger partial charge in [0.15, 0.2) is 0 Å². The zero-order chi connectivity index (χ0) is 7.82. The third-order valence-corrected chi connectivity index (χ3v) is 1.51. The Morgan fingerprint density at radius 2 is 2.10 bits per heavy atom. The monoisotopic (exact) mass is 138 g/mol. The van der Waals surface area contributed by atoms with Gasteiger partial charge in [-0.2, -0.15) is 0 Å². The Hall–Kier alpha value is -0.520. The minimum atomic E-state index is 1.11. The van der Waals surface area contributed by atoms with Crippen molar-refractivity contribution in [3.63, 3.8) is 0 Å². The lowest BCUT2D eigenvalue weighted by atomic mass is 10.1. The Kier molecular flexibility index (Phi) is 6.25. The van der Waals surface area contributed by atoms with Gasteiger partial charge in [0.1, 0.15) is 0 Å². The SMILES string of the molecule is C=CCC/C=C(/C)CCC. The zero-order valence-electron chi connectivity index (χ0n) is 7.19. The van der Waals surface area contributed by atoms with Crippen molar-refractivity contribution in [2.24, 2.45) is 0 Å². The number of rotatable bonds is 5. The number of hydrogen-bond donors (Lipinski definition) is 0. The van der Waals surface area contributed by atoms with Crippen LogP contribution >= 0.6 is 0 Å². The molecule has 0 atom stereocenters. The Labute approximate surface area is 64.6 Å². The molecular weight excluding hydrogens is 120 g/mol. The average Bonchev–Trinajstić information content (AvgIpc) is 1.89. The van der Waals surface area contributed by atoms with Gasteiger partial charge < -0.3 is 0 Å². The maximum absolute atomic E-state index is 3.67. The number of hydrogen-bond acceptors (Lipinski definition) is 0. The third kappa shape index (κ3) is 5.61. The molecule has 0 bridgehead atoms. The van der Waals surface area contributed by atoms with Crippen LogP contribution in [-0.4, -0.2) is 0 Å². The van der Waals surface area contributed by atoms with Gasteiger partial charge in [0, 0.05) is 0 Å². The van der Waals surface area contributed by atoms with E-state index < -0.39 is 0 Å². The first-order chi connectivity index (χ1) is 4.81. The lowest BCUT2D eigenvalue weighted by Crippen LogP contribution is -1.74. The van der Waals surface area contributed by atoms with Crippen molar-refractivity contribution in [1.29, 1.82) is 0 Å². The summed E-state index contributed by atoms with van der Waals surface area (Å²) in [4.78, 5) is 0. The van der Waals surface area contributed by atoms with E-state index in [4.69, 9.17) is 0 Å². The highest BCUT2D eigenvalue weighted by atomic mass is 13.9. The van der Waals surface area contributed by atoms with E-state index in [1.807, 2.05) is 6.08 Å². The highest BCUT2D eigenvalue weighted by Gasteiger charge is 1.84. The van der Waals surface area contributed by atoms with Crippen molar-refractivity contribution in [3.05, 3.63) is 24.3 Å². The second-order valence-corrected chi connectivity index (χ2v) is 2.67. The van der Waals surface area contributed by atoms with Gasteiger partial charge in [-0.05, 0) is 26.2 Å². The fourth-order valence-electron chi connectivity index (χ4n) is 0.944. The summed E-state index contributed by atoms with van der Waals surface area (Å²) in [6.07, 6.45) is 9.06. The van der Waals surface area contributed by atoms with Crippen molar-refractivity contribution in [2.45, 2.75) is 39.5 Å². The van der Waals surface area contributed by atoms with Crippen molar-refractivity contribution >= 4 is 0 Å². The largest absolute Gasteiger partial charge is 0.103 e. The normalized spacial score (nSPS) is 11.6. The van der Waals surface area contributed by atoms with Gasteiger partial charge in [-0.1, -0.05) is 31.1 Å². The van der Waals surface area contributed by atoms with Gasteiger partial charge in [0.2, 0.25) is 0 Å². The quantitative estimate of drug-likeness (QED) is 0.401. The molecule has 0 aliphatic rings.